The Morgan fingerprint density at radius 3 is 2.48 bits per heavy atom. The minimum absolute atomic E-state index is 0.625. The van der Waals surface area contributed by atoms with Gasteiger partial charge >= 0.3 is 0 Å². The van der Waals surface area contributed by atoms with Crippen LogP contribution in [0.3, 0.4) is 0 Å². The van der Waals surface area contributed by atoms with Crippen molar-refractivity contribution in [3.8, 4) is 0 Å². The van der Waals surface area contributed by atoms with E-state index in [0.29, 0.717) is 12.1 Å². The first kappa shape index (κ1) is 15.1. The predicted octanol–water partition coefficient (Wildman–Crippen LogP) is 4.45. The van der Waals surface area contributed by atoms with Crippen molar-refractivity contribution in [3.63, 3.8) is 0 Å². The summed E-state index contributed by atoms with van der Waals surface area (Å²) in [6, 6.07) is 3.49. The highest BCUT2D eigenvalue weighted by Crippen LogP contribution is 2.29. The monoisotopic (exact) mass is 289 g/mol. The molecular weight excluding hydrogens is 258 g/mol. The van der Waals surface area contributed by atoms with E-state index >= 15 is 0 Å². The van der Waals surface area contributed by atoms with Gasteiger partial charge in [0.2, 0.25) is 0 Å². The molecular formula is C18H31N3. The second-order valence-electron chi connectivity index (χ2n) is 7.15. The van der Waals surface area contributed by atoms with E-state index in [1.165, 1.54) is 69.9 Å². The fourth-order valence-electron chi connectivity index (χ4n) is 4.09. The van der Waals surface area contributed by atoms with Crippen LogP contribution in [0.25, 0.3) is 0 Å². The summed E-state index contributed by atoms with van der Waals surface area (Å²) in [4.78, 5) is 0. The van der Waals surface area contributed by atoms with Crippen LogP contribution in [0.2, 0.25) is 0 Å². The number of nitrogens with one attached hydrogen (secondary N) is 1. The molecule has 118 valence electrons. The lowest BCUT2D eigenvalue weighted by Crippen LogP contribution is -2.33. The molecule has 0 unspecified atom stereocenters. The van der Waals surface area contributed by atoms with Gasteiger partial charge in [-0.3, -0.25) is 4.68 Å². The standard InChI is InChI=1S/C18H31N3/c1-15(16-8-4-2-3-5-9-16)19-14-17-12-13-21(20-17)18-10-6-7-11-18/h12-13,15-16,18-19H,2-11,14H2,1H3/t15-/m1/s1. The largest absolute Gasteiger partial charge is 0.308 e. The molecule has 2 fully saturated rings. The SMILES string of the molecule is C[C@@H](NCc1ccn(C2CCCC2)n1)C1CCCCCC1. The summed E-state index contributed by atoms with van der Waals surface area (Å²) in [5, 5.41) is 8.51. The molecule has 0 spiro atoms. The van der Waals surface area contributed by atoms with Gasteiger partial charge < -0.3 is 5.32 Å². The molecule has 3 heteroatoms. The quantitative estimate of drug-likeness (QED) is 0.812. The Hall–Kier alpha value is -0.830. The van der Waals surface area contributed by atoms with Crippen molar-refractivity contribution in [3.05, 3.63) is 18.0 Å². The van der Waals surface area contributed by atoms with Gasteiger partial charge in [0.15, 0.2) is 0 Å². The summed E-state index contributed by atoms with van der Waals surface area (Å²) < 4.78 is 2.21. The first-order valence-corrected chi connectivity index (χ1v) is 9.10. The van der Waals surface area contributed by atoms with Gasteiger partial charge in [0, 0.05) is 18.8 Å². The van der Waals surface area contributed by atoms with Crippen LogP contribution in [0, 0.1) is 5.92 Å². The number of hydrogen-bond donors (Lipinski definition) is 1. The molecule has 1 atom stereocenters. The first-order valence-electron chi connectivity index (χ1n) is 9.10. The van der Waals surface area contributed by atoms with Gasteiger partial charge in [-0.1, -0.05) is 38.5 Å². The van der Waals surface area contributed by atoms with E-state index in [1.807, 2.05) is 0 Å². The summed E-state index contributed by atoms with van der Waals surface area (Å²) in [6.45, 7) is 3.29. The number of hydrogen-bond acceptors (Lipinski definition) is 2. The highest BCUT2D eigenvalue weighted by molar-refractivity contribution is 5.00. The fourth-order valence-corrected chi connectivity index (χ4v) is 4.09. The van der Waals surface area contributed by atoms with Gasteiger partial charge in [0.05, 0.1) is 11.7 Å². The smallest absolute Gasteiger partial charge is 0.0762 e. The Bertz CT molecular complexity index is 412. The first-order chi connectivity index (χ1) is 10.3. The molecule has 0 radical (unpaired) electrons. The fraction of sp³-hybridized carbons (Fsp3) is 0.833. The van der Waals surface area contributed by atoms with Gasteiger partial charge in [0.1, 0.15) is 0 Å². The van der Waals surface area contributed by atoms with Crippen molar-refractivity contribution in [1.82, 2.24) is 15.1 Å². The van der Waals surface area contributed by atoms with Crippen molar-refractivity contribution < 1.29 is 0 Å². The van der Waals surface area contributed by atoms with E-state index in [2.05, 4.69) is 29.2 Å². The molecule has 3 nitrogen and oxygen atoms in total. The zero-order valence-corrected chi connectivity index (χ0v) is 13.6. The molecule has 0 bridgehead atoms. The van der Waals surface area contributed by atoms with Crippen LogP contribution < -0.4 is 5.32 Å². The summed E-state index contributed by atoms with van der Waals surface area (Å²) in [5.74, 6) is 0.865. The molecule has 0 amide bonds. The van der Waals surface area contributed by atoms with E-state index in [9.17, 15) is 0 Å². The molecule has 2 aliphatic carbocycles. The number of aromatic nitrogens is 2. The van der Waals surface area contributed by atoms with Crippen molar-refractivity contribution in [2.45, 2.75) is 89.8 Å². The Kier molecular flexibility index (Phi) is 5.34. The Morgan fingerprint density at radius 1 is 1.10 bits per heavy atom. The number of rotatable bonds is 5. The zero-order chi connectivity index (χ0) is 14.5. The van der Waals surface area contributed by atoms with Crippen LogP contribution in [0.1, 0.15) is 82.9 Å². The predicted molar refractivity (Wildman–Crippen MR) is 87.2 cm³/mol. The lowest BCUT2D eigenvalue weighted by molar-refractivity contribution is 0.334. The molecule has 3 rings (SSSR count). The van der Waals surface area contributed by atoms with Crippen molar-refractivity contribution in [2.75, 3.05) is 0 Å². The average Bonchev–Trinajstić information content (AvgIpc) is 3.11. The van der Waals surface area contributed by atoms with E-state index in [4.69, 9.17) is 5.10 Å². The van der Waals surface area contributed by atoms with Crippen molar-refractivity contribution >= 4 is 0 Å². The van der Waals surface area contributed by atoms with Gasteiger partial charge in [0.25, 0.3) is 0 Å². The lowest BCUT2D eigenvalue weighted by Gasteiger charge is -2.23. The maximum Gasteiger partial charge on any atom is 0.0762 e. The molecule has 0 aliphatic heterocycles. The summed E-state index contributed by atoms with van der Waals surface area (Å²) >= 11 is 0. The second kappa shape index (κ2) is 7.44. The third-order valence-corrected chi connectivity index (χ3v) is 5.57. The van der Waals surface area contributed by atoms with Crippen LogP contribution >= 0.6 is 0 Å². The Labute approximate surface area is 129 Å². The van der Waals surface area contributed by atoms with Crippen LogP contribution in [-0.2, 0) is 6.54 Å². The lowest BCUT2D eigenvalue weighted by atomic mass is 9.93. The van der Waals surface area contributed by atoms with Crippen molar-refractivity contribution in [2.24, 2.45) is 5.92 Å². The van der Waals surface area contributed by atoms with Crippen LogP contribution in [0.5, 0.6) is 0 Å². The molecule has 0 saturated heterocycles. The number of nitrogens with zero attached hydrogens (tertiary/aromatic N) is 2. The van der Waals surface area contributed by atoms with Gasteiger partial charge in [-0.15, -0.1) is 0 Å². The topological polar surface area (TPSA) is 29.9 Å². The van der Waals surface area contributed by atoms with Crippen LogP contribution in [-0.4, -0.2) is 15.8 Å². The maximum absolute atomic E-state index is 4.78. The van der Waals surface area contributed by atoms with Gasteiger partial charge in [-0.05, 0) is 44.6 Å². The molecule has 2 aliphatic rings. The molecule has 21 heavy (non-hydrogen) atoms. The van der Waals surface area contributed by atoms with E-state index in [1.54, 1.807) is 0 Å². The second-order valence-corrected chi connectivity index (χ2v) is 7.15. The normalized spacial score (nSPS) is 23.3. The summed E-state index contributed by atoms with van der Waals surface area (Å²) in [7, 11) is 0. The minimum Gasteiger partial charge on any atom is -0.308 e. The summed E-state index contributed by atoms with van der Waals surface area (Å²) in [5.41, 5.74) is 1.21. The van der Waals surface area contributed by atoms with Crippen molar-refractivity contribution in [1.29, 1.82) is 0 Å². The van der Waals surface area contributed by atoms with Crippen LogP contribution in [0.15, 0.2) is 12.3 Å². The third-order valence-electron chi connectivity index (χ3n) is 5.57. The third kappa shape index (κ3) is 4.09. The minimum atomic E-state index is 0.625. The Balaban J connectivity index is 1.47. The maximum atomic E-state index is 4.78. The average molecular weight is 289 g/mol. The summed E-state index contributed by atoms with van der Waals surface area (Å²) in [6.07, 6.45) is 16.1. The Morgan fingerprint density at radius 2 is 1.76 bits per heavy atom. The van der Waals surface area contributed by atoms with Crippen LogP contribution in [0.4, 0.5) is 0 Å². The molecule has 1 N–H and O–H groups in total. The highest BCUT2D eigenvalue weighted by atomic mass is 15.3. The molecule has 1 heterocycles. The molecule has 1 aromatic rings. The van der Waals surface area contributed by atoms with E-state index in [0.717, 1.165) is 12.5 Å². The van der Waals surface area contributed by atoms with E-state index < -0.39 is 0 Å². The zero-order valence-electron chi connectivity index (χ0n) is 13.6. The molecule has 0 aromatic carbocycles. The van der Waals surface area contributed by atoms with Gasteiger partial charge in [-0.2, -0.15) is 5.10 Å². The van der Waals surface area contributed by atoms with Gasteiger partial charge in [-0.25, -0.2) is 0 Å². The molecule has 1 aromatic heterocycles. The van der Waals surface area contributed by atoms with E-state index in [-0.39, 0.29) is 0 Å². The molecule has 2 saturated carbocycles. The highest BCUT2D eigenvalue weighted by Gasteiger charge is 2.20.